The molecule has 1 amide bonds. The third kappa shape index (κ3) is 7.07. The Morgan fingerprint density at radius 2 is 1.50 bits per heavy atom. The molecule has 0 heterocycles. The standard InChI is InChI=1S/C23H16F6N2O4S/c24-22(25,26)17-8-10-19(11-9-17)36(33,34)35-20-7-2-1-5-16(20)14-30-31-21(32)13-15-4-3-6-18(12-15)23(27,28)29/h1-12,14H,13H2,(H,31,32). The summed E-state index contributed by atoms with van der Waals surface area (Å²) >= 11 is 0. The lowest BCUT2D eigenvalue weighted by Gasteiger charge is -2.11. The summed E-state index contributed by atoms with van der Waals surface area (Å²) in [5.74, 6) is -0.963. The lowest BCUT2D eigenvalue weighted by atomic mass is 10.1. The average Bonchev–Trinajstić information content (AvgIpc) is 2.79. The van der Waals surface area contributed by atoms with Gasteiger partial charge in [-0.25, -0.2) is 5.43 Å². The van der Waals surface area contributed by atoms with Gasteiger partial charge in [0.2, 0.25) is 5.91 Å². The summed E-state index contributed by atoms with van der Waals surface area (Å²) in [5.41, 5.74) is 0.370. The van der Waals surface area contributed by atoms with E-state index in [0.717, 1.165) is 30.5 Å². The molecular formula is C23H16F6N2O4S. The second-order valence-electron chi connectivity index (χ2n) is 7.27. The highest BCUT2D eigenvalue weighted by Crippen LogP contribution is 2.31. The number of nitrogens with zero attached hydrogens (tertiary/aromatic N) is 1. The van der Waals surface area contributed by atoms with Crippen molar-refractivity contribution in [2.24, 2.45) is 5.10 Å². The third-order valence-electron chi connectivity index (χ3n) is 4.60. The molecule has 1 N–H and O–H groups in total. The molecule has 190 valence electrons. The number of hydrogen-bond donors (Lipinski definition) is 1. The predicted octanol–water partition coefficient (Wildman–Crippen LogP) is 5.18. The van der Waals surface area contributed by atoms with E-state index < -0.39 is 50.8 Å². The number of hydrazone groups is 1. The molecule has 0 bridgehead atoms. The van der Waals surface area contributed by atoms with Gasteiger partial charge in [-0.3, -0.25) is 4.79 Å². The van der Waals surface area contributed by atoms with Gasteiger partial charge in [0, 0.05) is 5.56 Å². The van der Waals surface area contributed by atoms with Gasteiger partial charge in [0.15, 0.2) is 5.75 Å². The molecule has 6 nitrogen and oxygen atoms in total. The first kappa shape index (κ1) is 26.7. The molecule has 0 radical (unpaired) electrons. The van der Waals surface area contributed by atoms with E-state index in [9.17, 15) is 39.6 Å². The number of hydrogen-bond acceptors (Lipinski definition) is 5. The van der Waals surface area contributed by atoms with Crippen LogP contribution in [0.5, 0.6) is 5.75 Å². The zero-order valence-electron chi connectivity index (χ0n) is 18.0. The lowest BCUT2D eigenvalue weighted by molar-refractivity contribution is -0.138. The quantitative estimate of drug-likeness (QED) is 0.197. The number of rotatable bonds is 7. The van der Waals surface area contributed by atoms with Crippen LogP contribution in [0.4, 0.5) is 26.3 Å². The smallest absolute Gasteiger partial charge is 0.378 e. The lowest BCUT2D eigenvalue weighted by Crippen LogP contribution is -2.20. The van der Waals surface area contributed by atoms with Gasteiger partial charge in [0.25, 0.3) is 0 Å². The fourth-order valence-electron chi connectivity index (χ4n) is 2.90. The molecule has 36 heavy (non-hydrogen) atoms. The Morgan fingerprint density at radius 1 is 0.861 bits per heavy atom. The number of carbonyl (C=O) groups excluding carboxylic acids is 1. The Balaban J connectivity index is 1.69. The van der Waals surface area contributed by atoms with Crippen LogP contribution in [0.3, 0.4) is 0 Å². The fraction of sp³-hybridized carbons (Fsp3) is 0.130. The molecule has 0 aromatic heterocycles. The zero-order chi connectivity index (χ0) is 26.6. The predicted molar refractivity (Wildman–Crippen MR) is 117 cm³/mol. The first-order chi connectivity index (χ1) is 16.8. The van der Waals surface area contributed by atoms with E-state index in [1.807, 2.05) is 0 Å². The van der Waals surface area contributed by atoms with Gasteiger partial charge in [-0.1, -0.05) is 30.3 Å². The summed E-state index contributed by atoms with van der Waals surface area (Å²) in [6.45, 7) is 0. The maximum Gasteiger partial charge on any atom is 0.416 e. The van der Waals surface area contributed by atoms with Crippen molar-refractivity contribution >= 4 is 22.2 Å². The first-order valence-corrected chi connectivity index (χ1v) is 11.4. The van der Waals surface area contributed by atoms with Crippen molar-refractivity contribution in [1.82, 2.24) is 5.43 Å². The van der Waals surface area contributed by atoms with E-state index in [0.29, 0.717) is 12.1 Å². The van der Waals surface area contributed by atoms with Crippen LogP contribution in [0, 0.1) is 0 Å². The van der Waals surface area contributed by atoms with Crippen molar-refractivity contribution in [3.63, 3.8) is 0 Å². The molecular weight excluding hydrogens is 514 g/mol. The monoisotopic (exact) mass is 530 g/mol. The summed E-state index contributed by atoms with van der Waals surface area (Å²) in [6, 6.07) is 12.5. The summed E-state index contributed by atoms with van der Waals surface area (Å²) in [7, 11) is -4.50. The van der Waals surface area contributed by atoms with Crippen LogP contribution >= 0.6 is 0 Å². The van der Waals surface area contributed by atoms with Crippen LogP contribution < -0.4 is 9.61 Å². The van der Waals surface area contributed by atoms with Crippen molar-refractivity contribution in [2.75, 3.05) is 0 Å². The number of amides is 1. The number of halogens is 6. The molecule has 3 aromatic carbocycles. The van der Waals surface area contributed by atoms with Crippen molar-refractivity contribution in [3.8, 4) is 5.75 Å². The molecule has 0 fully saturated rings. The minimum absolute atomic E-state index is 0.0901. The Kier molecular flexibility index (Phi) is 7.72. The minimum atomic E-state index is -4.64. The van der Waals surface area contributed by atoms with Gasteiger partial charge in [0.05, 0.1) is 23.8 Å². The average molecular weight is 530 g/mol. The van der Waals surface area contributed by atoms with Crippen LogP contribution in [0.25, 0.3) is 0 Å². The summed E-state index contributed by atoms with van der Waals surface area (Å²) < 4.78 is 107. The van der Waals surface area contributed by atoms with Gasteiger partial charge in [-0.2, -0.15) is 39.9 Å². The number of alkyl halides is 6. The third-order valence-corrected chi connectivity index (χ3v) is 5.85. The number of carbonyl (C=O) groups is 1. The molecule has 3 aromatic rings. The maximum atomic E-state index is 12.8. The molecule has 0 atom stereocenters. The Bertz CT molecular complexity index is 1370. The summed E-state index contributed by atoms with van der Waals surface area (Å²) in [6.07, 6.45) is -8.56. The topological polar surface area (TPSA) is 84.8 Å². The van der Waals surface area contributed by atoms with Gasteiger partial charge in [-0.05, 0) is 48.0 Å². The van der Waals surface area contributed by atoms with E-state index >= 15 is 0 Å². The molecule has 13 heteroatoms. The molecule has 0 aliphatic carbocycles. The van der Waals surface area contributed by atoms with E-state index in [4.69, 9.17) is 4.18 Å². The van der Waals surface area contributed by atoms with Gasteiger partial charge >= 0.3 is 22.5 Å². The Hall–Kier alpha value is -3.87. The SMILES string of the molecule is O=C(Cc1cccc(C(F)(F)F)c1)NN=Cc1ccccc1OS(=O)(=O)c1ccc(C(F)(F)F)cc1. The van der Waals surface area contributed by atoms with Gasteiger partial charge in [-0.15, -0.1) is 0 Å². The highest BCUT2D eigenvalue weighted by Gasteiger charge is 2.31. The number of nitrogens with one attached hydrogen (secondary N) is 1. The summed E-state index contributed by atoms with van der Waals surface area (Å²) in [4.78, 5) is 11.5. The zero-order valence-corrected chi connectivity index (χ0v) is 18.8. The first-order valence-electron chi connectivity index (χ1n) is 9.94. The van der Waals surface area contributed by atoms with Gasteiger partial charge < -0.3 is 4.18 Å². The Morgan fingerprint density at radius 3 is 2.14 bits per heavy atom. The molecule has 0 aliphatic rings. The second-order valence-corrected chi connectivity index (χ2v) is 8.81. The van der Waals surface area contributed by atoms with E-state index in [-0.39, 0.29) is 16.9 Å². The second kappa shape index (κ2) is 10.4. The van der Waals surface area contributed by atoms with E-state index in [2.05, 4.69) is 10.5 Å². The highest BCUT2D eigenvalue weighted by atomic mass is 32.2. The van der Waals surface area contributed by atoms with Crippen LogP contribution in [0.1, 0.15) is 22.3 Å². The molecule has 0 unspecified atom stereocenters. The van der Waals surface area contributed by atoms with Crippen LogP contribution in [0.2, 0.25) is 0 Å². The number of para-hydroxylation sites is 1. The van der Waals surface area contributed by atoms with Gasteiger partial charge in [0.1, 0.15) is 4.90 Å². The van der Waals surface area contributed by atoms with Crippen LogP contribution in [-0.2, 0) is 33.7 Å². The molecule has 0 spiro atoms. The molecule has 0 saturated carbocycles. The summed E-state index contributed by atoms with van der Waals surface area (Å²) in [5, 5.41) is 3.66. The highest BCUT2D eigenvalue weighted by molar-refractivity contribution is 7.87. The maximum absolute atomic E-state index is 12.8. The molecule has 0 saturated heterocycles. The number of benzene rings is 3. The van der Waals surface area contributed by atoms with E-state index in [1.54, 1.807) is 0 Å². The Labute approximate surface area is 201 Å². The van der Waals surface area contributed by atoms with Crippen molar-refractivity contribution in [1.29, 1.82) is 0 Å². The largest absolute Gasteiger partial charge is 0.416 e. The molecule has 3 rings (SSSR count). The fourth-order valence-corrected chi connectivity index (χ4v) is 3.85. The van der Waals surface area contributed by atoms with Crippen molar-refractivity contribution < 1.29 is 43.7 Å². The van der Waals surface area contributed by atoms with Crippen molar-refractivity contribution in [2.45, 2.75) is 23.7 Å². The molecule has 0 aliphatic heterocycles. The van der Waals surface area contributed by atoms with Crippen LogP contribution in [-0.4, -0.2) is 20.5 Å². The normalized spacial score (nSPS) is 12.5. The van der Waals surface area contributed by atoms with E-state index in [1.165, 1.54) is 36.4 Å². The minimum Gasteiger partial charge on any atom is -0.378 e. The van der Waals surface area contributed by atoms with Crippen LogP contribution in [0.15, 0.2) is 82.8 Å². The van der Waals surface area contributed by atoms with Crippen molar-refractivity contribution in [3.05, 3.63) is 95.1 Å².